The van der Waals surface area contributed by atoms with Crippen molar-refractivity contribution in [3.63, 3.8) is 0 Å². The maximum Gasteiger partial charge on any atom is 0.338 e. The molecule has 1 atom stereocenters. The van der Waals surface area contributed by atoms with Crippen LogP contribution >= 0.6 is 22.7 Å². The van der Waals surface area contributed by atoms with Gasteiger partial charge in [0.2, 0.25) is 0 Å². The lowest BCUT2D eigenvalue weighted by Gasteiger charge is -2.24. The minimum atomic E-state index is -0.661. The van der Waals surface area contributed by atoms with E-state index in [0.29, 0.717) is 20.6 Å². The van der Waals surface area contributed by atoms with Crippen LogP contribution < -0.4 is 14.9 Å². The van der Waals surface area contributed by atoms with Crippen molar-refractivity contribution in [3.05, 3.63) is 143 Å². The van der Waals surface area contributed by atoms with Crippen LogP contribution in [0.3, 0.4) is 0 Å². The van der Waals surface area contributed by atoms with Crippen molar-refractivity contribution >= 4 is 51.3 Å². The van der Waals surface area contributed by atoms with Gasteiger partial charge in [-0.05, 0) is 49.1 Å². The third-order valence-corrected chi connectivity index (χ3v) is 9.43. The number of rotatable bonds is 6. The summed E-state index contributed by atoms with van der Waals surface area (Å²) < 4.78 is 7.75. The minimum absolute atomic E-state index is 0.197. The molecule has 0 aliphatic carbocycles. The summed E-state index contributed by atoms with van der Waals surface area (Å²) in [6.45, 7) is 4.06. The molecular weight excluding hydrogens is 575 g/mol. The fourth-order valence-electron chi connectivity index (χ4n) is 5.60. The Morgan fingerprint density at radius 1 is 1.00 bits per heavy atom. The van der Waals surface area contributed by atoms with Crippen molar-refractivity contribution in [2.75, 3.05) is 6.61 Å². The third kappa shape index (κ3) is 4.78. The molecule has 0 saturated carbocycles. The quantitative estimate of drug-likeness (QED) is 0.223. The molecule has 43 heavy (non-hydrogen) atoms. The number of aromatic nitrogens is 2. The van der Waals surface area contributed by atoms with Crippen LogP contribution in [0.2, 0.25) is 0 Å². The highest BCUT2D eigenvalue weighted by Crippen LogP contribution is 2.37. The average Bonchev–Trinajstić information content (AvgIpc) is 3.76. The van der Waals surface area contributed by atoms with Crippen molar-refractivity contribution in [2.45, 2.75) is 19.9 Å². The Morgan fingerprint density at radius 3 is 2.44 bits per heavy atom. The topological polar surface area (TPSA) is 76.4 Å². The SMILES string of the molecule is CCOC(=O)C1=C(c2ccccc2)N=c2s/c(=C/c3c(-c4ccccc4)[nH]c4ccc(C)cc34)c(=O)n2C1c1cccs1. The maximum atomic E-state index is 14.4. The van der Waals surface area contributed by atoms with Gasteiger partial charge in [0.25, 0.3) is 5.56 Å². The molecule has 212 valence electrons. The first kappa shape index (κ1) is 27.1. The highest BCUT2D eigenvalue weighted by Gasteiger charge is 2.35. The first-order valence-electron chi connectivity index (χ1n) is 14.0. The van der Waals surface area contributed by atoms with Gasteiger partial charge in [-0.25, -0.2) is 9.79 Å². The number of carbonyl (C=O) groups excluding carboxylic acids is 1. The van der Waals surface area contributed by atoms with E-state index in [4.69, 9.17) is 9.73 Å². The predicted octanol–water partition coefficient (Wildman–Crippen LogP) is 6.45. The molecule has 0 bridgehead atoms. The summed E-state index contributed by atoms with van der Waals surface area (Å²) in [6.07, 6.45) is 1.96. The van der Waals surface area contributed by atoms with Crippen LogP contribution in [0.5, 0.6) is 0 Å². The van der Waals surface area contributed by atoms with Crippen LogP contribution in [0.4, 0.5) is 0 Å². The van der Waals surface area contributed by atoms with Gasteiger partial charge in [-0.15, -0.1) is 11.3 Å². The number of fused-ring (bicyclic) bond motifs is 2. The molecule has 0 spiro atoms. The van der Waals surface area contributed by atoms with Crippen molar-refractivity contribution in [1.29, 1.82) is 0 Å². The van der Waals surface area contributed by atoms with Gasteiger partial charge in [-0.1, -0.05) is 89.7 Å². The Hall–Kier alpha value is -4.79. The van der Waals surface area contributed by atoms with Crippen LogP contribution in [0, 0.1) is 6.92 Å². The van der Waals surface area contributed by atoms with Crippen LogP contribution in [0.1, 0.15) is 34.5 Å². The van der Waals surface area contributed by atoms with Gasteiger partial charge in [-0.2, -0.15) is 0 Å². The Kier molecular flexibility index (Phi) is 7.01. The van der Waals surface area contributed by atoms with Crippen LogP contribution in [-0.4, -0.2) is 22.1 Å². The fraction of sp³-hybridized carbons (Fsp3) is 0.114. The molecule has 7 rings (SSSR count). The number of thiazole rings is 1. The summed E-state index contributed by atoms with van der Waals surface area (Å²) in [5.74, 6) is -0.476. The zero-order valence-electron chi connectivity index (χ0n) is 23.5. The molecule has 3 aromatic heterocycles. The molecule has 3 aromatic carbocycles. The molecule has 1 aliphatic rings. The van der Waals surface area contributed by atoms with Gasteiger partial charge in [0.05, 0.1) is 28.1 Å². The molecule has 1 N–H and O–H groups in total. The molecule has 6 nitrogen and oxygen atoms in total. The summed E-state index contributed by atoms with van der Waals surface area (Å²) in [6, 6.07) is 29.3. The van der Waals surface area contributed by atoms with Gasteiger partial charge >= 0.3 is 5.97 Å². The molecule has 0 amide bonds. The summed E-state index contributed by atoms with van der Waals surface area (Å²) >= 11 is 2.84. The first-order valence-corrected chi connectivity index (χ1v) is 15.7. The Morgan fingerprint density at radius 2 is 1.74 bits per heavy atom. The lowest BCUT2D eigenvalue weighted by atomic mass is 9.97. The van der Waals surface area contributed by atoms with Gasteiger partial charge in [0.15, 0.2) is 4.80 Å². The number of esters is 1. The highest BCUT2D eigenvalue weighted by atomic mass is 32.1. The lowest BCUT2D eigenvalue weighted by molar-refractivity contribution is -0.138. The van der Waals surface area contributed by atoms with Gasteiger partial charge in [-0.3, -0.25) is 9.36 Å². The van der Waals surface area contributed by atoms with E-state index in [1.807, 2.05) is 72.1 Å². The summed E-state index contributed by atoms with van der Waals surface area (Å²) in [4.78, 5) is 37.9. The fourth-order valence-corrected chi connectivity index (χ4v) is 7.40. The summed E-state index contributed by atoms with van der Waals surface area (Å²) in [7, 11) is 0. The zero-order valence-corrected chi connectivity index (χ0v) is 25.2. The second-order valence-corrected chi connectivity index (χ2v) is 12.3. The number of nitrogens with one attached hydrogen (secondary N) is 1. The third-order valence-electron chi connectivity index (χ3n) is 7.52. The second-order valence-electron chi connectivity index (χ2n) is 10.3. The monoisotopic (exact) mass is 601 g/mol. The molecule has 6 aromatic rings. The van der Waals surface area contributed by atoms with Crippen molar-refractivity contribution in [2.24, 2.45) is 4.99 Å². The largest absolute Gasteiger partial charge is 0.463 e. The number of nitrogens with zero attached hydrogens (tertiary/aromatic N) is 2. The van der Waals surface area contributed by atoms with Gasteiger partial charge in [0.1, 0.15) is 6.04 Å². The van der Waals surface area contributed by atoms with Gasteiger partial charge in [0, 0.05) is 26.9 Å². The number of H-pyrrole nitrogens is 1. The van der Waals surface area contributed by atoms with E-state index in [2.05, 4.69) is 42.2 Å². The average molecular weight is 602 g/mol. The zero-order chi connectivity index (χ0) is 29.5. The number of aryl methyl sites for hydroxylation is 1. The Balaban J connectivity index is 1.52. The van der Waals surface area contributed by atoms with E-state index < -0.39 is 12.0 Å². The number of hydrogen-bond donors (Lipinski definition) is 1. The smallest absolute Gasteiger partial charge is 0.338 e. The minimum Gasteiger partial charge on any atom is -0.463 e. The Labute approximate surface area is 255 Å². The van der Waals surface area contributed by atoms with E-state index in [-0.39, 0.29) is 12.2 Å². The number of ether oxygens (including phenoxy) is 1. The number of hydrogen-bond acceptors (Lipinski definition) is 6. The van der Waals surface area contributed by atoms with Crippen LogP contribution in [-0.2, 0) is 9.53 Å². The van der Waals surface area contributed by atoms with E-state index in [1.165, 1.54) is 22.7 Å². The van der Waals surface area contributed by atoms with Crippen molar-refractivity contribution in [3.8, 4) is 11.3 Å². The van der Waals surface area contributed by atoms with E-state index in [0.717, 1.165) is 43.7 Å². The normalized spacial score (nSPS) is 15.0. The highest BCUT2D eigenvalue weighted by molar-refractivity contribution is 7.10. The molecule has 1 unspecified atom stereocenters. The molecule has 4 heterocycles. The maximum absolute atomic E-state index is 14.4. The number of thiophene rings is 1. The Bertz CT molecular complexity index is 2190. The standard InChI is InChI=1S/C35H27N3O3S2/c1-3-41-34(40)29-31(23-13-8-5-9-14-23)37-35-38(32(29)27-15-10-18-42-27)33(39)28(43-35)20-25-24-19-21(2)16-17-26(24)36-30(25)22-11-6-4-7-12-22/h4-20,32,36H,3H2,1-2H3/b28-20+. The van der Waals surface area contributed by atoms with Crippen molar-refractivity contribution in [1.82, 2.24) is 9.55 Å². The van der Waals surface area contributed by atoms with Gasteiger partial charge < -0.3 is 9.72 Å². The molecule has 0 fully saturated rings. The van der Waals surface area contributed by atoms with Crippen LogP contribution in [0.25, 0.3) is 33.9 Å². The number of benzene rings is 3. The van der Waals surface area contributed by atoms with Crippen molar-refractivity contribution < 1.29 is 9.53 Å². The first-order chi connectivity index (χ1) is 21.0. The molecular formula is C35H27N3O3S2. The summed E-state index contributed by atoms with van der Waals surface area (Å²) in [5, 5.41) is 2.99. The number of carbonyl (C=O) groups is 1. The lowest BCUT2D eigenvalue weighted by Crippen LogP contribution is -2.39. The van der Waals surface area contributed by atoms with E-state index in [1.54, 1.807) is 11.5 Å². The second kappa shape index (κ2) is 11.1. The number of aromatic amines is 1. The predicted molar refractivity (Wildman–Crippen MR) is 174 cm³/mol. The van der Waals surface area contributed by atoms with E-state index >= 15 is 0 Å². The summed E-state index contributed by atoms with van der Waals surface area (Å²) in [5.41, 5.74) is 6.53. The van der Waals surface area contributed by atoms with Crippen LogP contribution in [0.15, 0.2) is 112 Å². The molecule has 0 radical (unpaired) electrons. The molecule has 0 saturated heterocycles. The molecule has 8 heteroatoms. The van der Waals surface area contributed by atoms with E-state index in [9.17, 15) is 9.59 Å². The molecule has 1 aliphatic heterocycles.